The van der Waals surface area contributed by atoms with Gasteiger partial charge in [0.1, 0.15) is 5.65 Å². The van der Waals surface area contributed by atoms with Gasteiger partial charge in [-0.3, -0.25) is 4.40 Å². The van der Waals surface area contributed by atoms with Crippen molar-refractivity contribution in [3.8, 4) is 16.8 Å². The second-order valence-electron chi connectivity index (χ2n) is 10.4. The maximum absolute atomic E-state index is 5.10. The van der Waals surface area contributed by atoms with E-state index in [-0.39, 0.29) is 0 Å². The van der Waals surface area contributed by atoms with Crippen LogP contribution in [-0.2, 0) is 0 Å². The molecule has 40 heavy (non-hydrogen) atoms. The Balaban J connectivity index is 1.52. The molecule has 3 nitrogen and oxygen atoms in total. The van der Waals surface area contributed by atoms with Crippen LogP contribution in [0.5, 0.6) is 0 Å². The van der Waals surface area contributed by atoms with Crippen LogP contribution in [0.1, 0.15) is 0 Å². The van der Waals surface area contributed by atoms with E-state index in [1.807, 2.05) is 0 Å². The lowest BCUT2D eigenvalue weighted by molar-refractivity contribution is 1.19. The van der Waals surface area contributed by atoms with Crippen LogP contribution in [0.15, 0.2) is 140 Å². The first-order valence-electron chi connectivity index (χ1n) is 13.7. The van der Waals surface area contributed by atoms with Gasteiger partial charge < -0.3 is 4.57 Å². The predicted molar refractivity (Wildman–Crippen MR) is 167 cm³/mol. The lowest BCUT2D eigenvalue weighted by Gasteiger charge is -2.14. The highest BCUT2D eigenvalue weighted by Crippen LogP contribution is 2.41. The van der Waals surface area contributed by atoms with Gasteiger partial charge in [0.15, 0.2) is 0 Å². The van der Waals surface area contributed by atoms with Crippen molar-refractivity contribution in [2.75, 3.05) is 0 Å². The number of hydrogen-bond donors (Lipinski definition) is 0. The van der Waals surface area contributed by atoms with Crippen molar-refractivity contribution in [1.82, 2.24) is 14.0 Å². The van der Waals surface area contributed by atoms with Gasteiger partial charge in [-0.1, -0.05) is 103 Å². The molecule has 3 aromatic heterocycles. The Morgan fingerprint density at radius 3 is 2.02 bits per heavy atom. The fourth-order valence-electron chi connectivity index (χ4n) is 6.57. The van der Waals surface area contributed by atoms with Gasteiger partial charge in [-0.25, -0.2) is 4.98 Å². The predicted octanol–water partition coefficient (Wildman–Crippen LogP) is 9.56. The van der Waals surface area contributed by atoms with Crippen molar-refractivity contribution in [3.05, 3.63) is 140 Å². The smallest absolute Gasteiger partial charge is 0.146 e. The van der Waals surface area contributed by atoms with Gasteiger partial charge in [0, 0.05) is 27.2 Å². The molecule has 6 aromatic carbocycles. The van der Waals surface area contributed by atoms with Gasteiger partial charge in [0.25, 0.3) is 0 Å². The maximum Gasteiger partial charge on any atom is 0.146 e. The molecule has 3 heteroatoms. The van der Waals surface area contributed by atoms with E-state index in [4.69, 9.17) is 4.98 Å². The average Bonchev–Trinajstić information content (AvgIpc) is 3.58. The van der Waals surface area contributed by atoms with Crippen molar-refractivity contribution in [2.24, 2.45) is 0 Å². The van der Waals surface area contributed by atoms with E-state index >= 15 is 0 Å². The molecule has 0 aliphatic heterocycles. The van der Waals surface area contributed by atoms with Crippen LogP contribution >= 0.6 is 0 Å². The zero-order valence-electron chi connectivity index (χ0n) is 21.6. The fraction of sp³-hybridized carbons (Fsp3) is 0. The molecule has 9 rings (SSSR count). The largest absolute Gasteiger partial charge is 0.309 e. The number of imidazole rings is 1. The Bertz CT molecular complexity index is 2430. The zero-order chi connectivity index (χ0) is 26.2. The Morgan fingerprint density at radius 1 is 0.450 bits per heavy atom. The molecule has 9 aromatic rings. The van der Waals surface area contributed by atoms with E-state index in [0.29, 0.717) is 0 Å². The molecule has 0 unspecified atom stereocenters. The van der Waals surface area contributed by atoms with Crippen molar-refractivity contribution in [3.63, 3.8) is 0 Å². The van der Waals surface area contributed by atoms with E-state index in [2.05, 4.69) is 148 Å². The first-order valence-corrected chi connectivity index (χ1v) is 13.7. The average molecular weight is 510 g/mol. The summed E-state index contributed by atoms with van der Waals surface area (Å²) in [6, 6.07) is 50.0. The van der Waals surface area contributed by atoms with E-state index in [9.17, 15) is 0 Å². The van der Waals surface area contributed by atoms with Crippen LogP contribution in [0, 0.1) is 0 Å². The summed E-state index contributed by atoms with van der Waals surface area (Å²) in [5, 5.41) is 6.12. The van der Waals surface area contributed by atoms with Crippen LogP contribution < -0.4 is 0 Å². The molecular formula is C37H23N3. The number of fused-ring (bicyclic) bond motifs is 12. The van der Waals surface area contributed by atoms with E-state index in [0.717, 1.165) is 33.3 Å². The molecule has 3 heterocycles. The van der Waals surface area contributed by atoms with Gasteiger partial charge in [0.05, 0.1) is 27.6 Å². The highest BCUT2D eigenvalue weighted by atomic mass is 15.0. The second kappa shape index (κ2) is 8.05. The first kappa shape index (κ1) is 21.5. The lowest BCUT2D eigenvalue weighted by Crippen LogP contribution is -1.97. The van der Waals surface area contributed by atoms with Crippen molar-refractivity contribution in [2.45, 2.75) is 0 Å². The zero-order valence-corrected chi connectivity index (χ0v) is 21.6. The van der Waals surface area contributed by atoms with Gasteiger partial charge >= 0.3 is 0 Å². The topological polar surface area (TPSA) is 22.2 Å². The minimum atomic E-state index is 0.998. The standard InChI is InChI=1S/C37H23N3/c1-2-11-24(12-3-1)25-13-10-14-26(23-25)39-32-19-8-6-15-27(32)29-21-22-34-35(36(29)39)28-16-4-5-17-30(28)37-38-31-18-7-9-20-33(31)40(34)37/h1-23H. The highest BCUT2D eigenvalue weighted by Gasteiger charge is 2.20. The highest BCUT2D eigenvalue weighted by molar-refractivity contribution is 6.27. The Labute approximate surface area is 230 Å². The Hall–Kier alpha value is -5.41. The molecule has 0 fully saturated rings. The van der Waals surface area contributed by atoms with Crippen LogP contribution in [0.2, 0.25) is 0 Å². The number of aromatic nitrogens is 3. The quantitative estimate of drug-likeness (QED) is 0.213. The summed E-state index contributed by atoms with van der Waals surface area (Å²) in [6.07, 6.45) is 0. The molecule has 0 bridgehead atoms. The van der Waals surface area contributed by atoms with Gasteiger partial charge in [-0.2, -0.15) is 0 Å². The molecule has 0 atom stereocenters. The van der Waals surface area contributed by atoms with Crippen LogP contribution in [-0.4, -0.2) is 14.0 Å². The molecule has 0 amide bonds. The van der Waals surface area contributed by atoms with Crippen molar-refractivity contribution >= 4 is 60.2 Å². The molecule has 0 aliphatic carbocycles. The second-order valence-corrected chi connectivity index (χ2v) is 10.4. The van der Waals surface area contributed by atoms with Gasteiger partial charge in [-0.05, 0) is 52.9 Å². The first-order chi connectivity index (χ1) is 19.9. The molecular weight excluding hydrogens is 486 g/mol. The number of nitrogens with zero attached hydrogens (tertiary/aromatic N) is 3. The molecule has 0 radical (unpaired) electrons. The number of benzene rings is 6. The molecule has 0 saturated heterocycles. The van der Waals surface area contributed by atoms with Crippen LogP contribution in [0.25, 0.3) is 77.0 Å². The number of para-hydroxylation sites is 3. The minimum Gasteiger partial charge on any atom is -0.309 e. The molecule has 0 saturated carbocycles. The summed E-state index contributed by atoms with van der Waals surface area (Å²) in [4.78, 5) is 5.10. The normalized spacial score (nSPS) is 12.0. The summed E-state index contributed by atoms with van der Waals surface area (Å²) in [7, 11) is 0. The third-order valence-electron chi connectivity index (χ3n) is 8.27. The lowest BCUT2D eigenvalue weighted by atomic mass is 10.0. The number of rotatable bonds is 2. The SMILES string of the molecule is c1ccc(-c2cccc(-n3c4ccccc4c4ccc5c(c6ccccc6c6nc7ccccc7n56)c43)c2)cc1. The van der Waals surface area contributed by atoms with Gasteiger partial charge in [-0.15, -0.1) is 0 Å². The maximum atomic E-state index is 5.10. The summed E-state index contributed by atoms with van der Waals surface area (Å²) in [6.45, 7) is 0. The summed E-state index contributed by atoms with van der Waals surface area (Å²) in [5.41, 5.74) is 10.3. The third kappa shape index (κ3) is 2.86. The van der Waals surface area contributed by atoms with Crippen molar-refractivity contribution in [1.29, 1.82) is 0 Å². The molecule has 186 valence electrons. The third-order valence-corrected chi connectivity index (χ3v) is 8.27. The van der Waals surface area contributed by atoms with Crippen molar-refractivity contribution < 1.29 is 0 Å². The molecule has 0 aliphatic rings. The Morgan fingerprint density at radius 2 is 1.15 bits per heavy atom. The monoisotopic (exact) mass is 509 g/mol. The van der Waals surface area contributed by atoms with E-state index in [1.54, 1.807) is 0 Å². The number of hydrogen-bond acceptors (Lipinski definition) is 1. The molecule has 0 N–H and O–H groups in total. The minimum absolute atomic E-state index is 0.998. The summed E-state index contributed by atoms with van der Waals surface area (Å²) < 4.78 is 4.80. The van der Waals surface area contributed by atoms with Gasteiger partial charge in [0.2, 0.25) is 0 Å². The number of pyridine rings is 1. The van der Waals surface area contributed by atoms with E-state index < -0.39 is 0 Å². The summed E-state index contributed by atoms with van der Waals surface area (Å²) >= 11 is 0. The molecule has 0 spiro atoms. The fourth-order valence-corrected chi connectivity index (χ4v) is 6.57. The summed E-state index contributed by atoms with van der Waals surface area (Å²) in [5.74, 6) is 0. The van der Waals surface area contributed by atoms with E-state index in [1.165, 1.54) is 43.7 Å². The Kier molecular flexibility index (Phi) is 4.33. The van der Waals surface area contributed by atoms with Crippen LogP contribution in [0.3, 0.4) is 0 Å². The van der Waals surface area contributed by atoms with Crippen LogP contribution in [0.4, 0.5) is 0 Å².